The summed E-state index contributed by atoms with van der Waals surface area (Å²) >= 11 is 0. The van der Waals surface area contributed by atoms with Gasteiger partial charge in [-0.25, -0.2) is 4.39 Å². The summed E-state index contributed by atoms with van der Waals surface area (Å²) in [5.74, 6) is -1.69. The largest absolute Gasteiger partial charge is 0.481 e. The first kappa shape index (κ1) is 16.1. The van der Waals surface area contributed by atoms with Crippen LogP contribution in [0.3, 0.4) is 0 Å². The van der Waals surface area contributed by atoms with E-state index in [9.17, 15) is 14.0 Å². The first-order chi connectivity index (χ1) is 9.54. The van der Waals surface area contributed by atoms with Crippen molar-refractivity contribution in [3.05, 3.63) is 29.8 Å². The predicted molar refractivity (Wildman–Crippen MR) is 71.8 cm³/mol. The normalized spacial score (nSPS) is 11.9. The van der Waals surface area contributed by atoms with Gasteiger partial charge in [-0.1, -0.05) is 13.3 Å². The van der Waals surface area contributed by atoms with E-state index < -0.39 is 17.7 Å². The van der Waals surface area contributed by atoms with Gasteiger partial charge in [0.25, 0.3) is 5.91 Å². The molecule has 0 aliphatic carbocycles. The number of carboxylic acids is 1. The zero-order valence-corrected chi connectivity index (χ0v) is 11.4. The number of carboxylic acid groups (broad SMARTS) is 1. The van der Waals surface area contributed by atoms with Crippen molar-refractivity contribution in [2.24, 2.45) is 5.92 Å². The molecule has 0 aliphatic heterocycles. The number of aliphatic carboxylic acids is 1. The van der Waals surface area contributed by atoms with Crippen molar-refractivity contribution in [1.29, 1.82) is 0 Å². The van der Waals surface area contributed by atoms with E-state index in [1.165, 1.54) is 12.3 Å². The van der Waals surface area contributed by atoms with E-state index in [2.05, 4.69) is 10.3 Å². The molecular formula is C14H19FN2O3. The smallest absolute Gasteiger partial charge is 0.303 e. The molecule has 1 heterocycles. The van der Waals surface area contributed by atoms with Gasteiger partial charge in [-0.15, -0.1) is 0 Å². The van der Waals surface area contributed by atoms with Crippen LogP contribution in [0.4, 0.5) is 4.39 Å². The maximum absolute atomic E-state index is 13.3. The number of hydrogen-bond donors (Lipinski definition) is 2. The Labute approximate surface area is 117 Å². The van der Waals surface area contributed by atoms with Crippen molar-refractivity contribution < 1.29 is 19.1 Å². The quantitative estimate of drug-likeness (QED) is 0.766. The van der Waals surface area contributed by atoms with Crippen LogP contribution in [0.5, 0.6) is 0 Å². The molecule has 0 radical (unpaired) electrons. The first-order valence-corrected chi connectivity index (χ1v) is 6.64. The Morgan fingerprint density at radius 2 is 2.20 bits per heavy atom. The zero-order valence-electron chi connectivity index (χ0n) is 11.4. The molecule has 1 unspecified atom stereocenters. The average molecular weight is 282 g/mol. The summed E-state index contributed by atoms with van der Waals surface area (Å²) in [5, 5.41) is 11.3. The molecule has 110 valence electrons. The van der Waals surface area contributed by atoms with Crippen LogP contribution in [-0.2, 0) is 4.79 Å². The predicted octanol–water partition coefficient (Wildman–Crippen LogP) is 2.23. The molecule has 20 heavy (non-hydrogen) atoms. The lowest BCUT2D eigenvalue weighted by Crippen LogP contribution is -2.27. The van der Waals surface area contributed by atoms with E-state index in [0.717, 1.165) is 12.6 Å². The van der Waals surface area contributed by atoms with E-state index in [1.54, 1.807) is 0 Å². The molecule has 0 fully saturated rings. The molecule has 1 rings (SSSR count). The van der Waals surface area contributed by atoms with Crippen molar-refractivity contribution in [2.45, 2.75) is 32.6 Å². The van der Waals surface area contributed by atoms with Crippen molar-refractivity contribution in [2.75, 3.05) is 6.54 Å². The van der Waals surface area contributed by atoms with Gasteiger partial charge in [0.15, 0.2) is 5.82 Å². The highest BCUT2D eigenvalue weighted by atomic mass is 19.1. The van der Waals surface area contributed by atoms with Gasteiger partial charge in [0, 0.05) is 19.2 Å². The van der Waals surface area contributed by atoms with E-state index in [-0.39, 0.29) is 17.9 Å². The zero-order chi connectivity index (χ0) is 15.0. The minimum Gasteiger partial charge on any atom is -0.481 e. The molecule has 5 nitrogen and oxygen atoms in total. The highest BCUT2D eigenvalue weighted by molar-refractivity contribution is 5.94. The summed E-state index contributed by atoms with van der Waals surface area (Å²) in [5.41, 5.74) is -0.0291. The van der Waals surface area contributed by atoms with Crippen LogP contribution in [0, 0.1) is 11.7 Å². The number of rotatable bonds is 8. The second-order valence-electron chi connectivity index (χ2n) is 4.61. The summed E-state index contributed by atoms with van der Waals surface area (Å²) in [6, 6.07) is 1.33. The van der Waals surface area contributed by atoms with E-state index >= 15 is 0 Å². The number of amides is 1. The second-order valence-corrected chi connectivity index (χ2v) is 4.61. The Balaban J connectivity index is 2.37. The second kappa shape index (κ2) is 8.24. The van der Waals surface area contributed by atoms with Gasteiger partial charge in [0.05, 0.1) is 11.8 Å². The number of pyridine rings is 1. The molecule has 0 aromatic carbocycles. The Kier molecular flexibility index (Phi) is 6.63. The molecule has 0 spiro atoms. The summed E-state index contributed by atoms with van der Waals surface area (Å²) in [6.07, 6.45) is 4.61. The Bertz CT molecular complexity index is 465. The van der Waals surface area contributed by atoms with Crippen LogP contribution in [0.2, 0.25) is 0 Å². The third kappa shape index (κ3) is 5.34. The number of hydrogen-bond acceptors (Lipinski definition) is 3. The van der Waals surface area contributed by atoms with Gasteiger partial charge in [-0.2, -0.15) is 0 Å². The highest BCUT2D eigenvalue weighted by Gasteiger charge is 2.12. The average Bonchev–Trinajstić information content (AvgIpc) is 2.42. The van der Waals surface area contributed by atoms with E-state index in [4.69, 9.17) is 5.11 Å². The van der Waals surface area contributed by atoms with Crippen molar-refractivity contribution in [3.63, 3.8) is 0 Å². The number of carbonyl (C=O) groups is 2. The summed E-state index contributed by atoms with van der Waals surface area (Å²) in [4.78, 5) is 25.8. The molecule has 6 heteroatoms. The van der Waals surface area contributed by atoms with Crippen LogP contribution in [-0.4, -0.2) is 28.5 Å². The van der Waals surface area contributed by atoms with Crippen molar-refractivity contribution >= 4 is 11.9 Å². The van der Waals surface area contributed by atoms with Gasteiger partial charge in [-0.05, 0) is 24.8 Å². The Hall–Kier alpha value is -1.98. The SMILES string of the molecule is CCC(CCNC(=O)c1ccncc1F)CCC(=O)O. The fourth-order valence-corrected chi connectivity index (χ4v) is 1.92. The molecule has 0 saturated heterocycles. The van der Waals surface area contributed by atoms with Crippen molar-refractivity contribution in [1.82, 2.24) is 10.3 Å². The number of carbonyl (C=O) groups excluding carboxylic acids is 1. The number of nitrogens with zero attached hydrogens (tertiary/aromatic N) is 1. The molecule has 1 aromatic heterocycles. The van der Waals surface area contributed by atoms with Crippen molar-refractivity contribution in [3.8, 4) is 0 Å². The minimum absolute atomic E-state index is 0.0291. The standard InChI is InChI=1S/C14H19FN2O3/c1-2-10(3-4-13(18)19)5-8-17-14(20)11-6-7-16-9-12(11)15/h6-7,9-10H,2-5,8H2,1H3,(H,17,20)(H,18,19). The molecule has 1 aromatic rings. The molecule has 0 saturated carbocycles. The topological polar surface area (TPSA) is 79.3 Å². The van der Waals surface area contributed by atoms with Gasteiger partial charge >= 0.3 is 5.97 Å². The van der Waals surface area contributed by atoms with Gasteiger partial charge in [0.2, 0.25) is 0 Å². The fourth-order valence-electron chi connectivity index (χ4n) is 1.92. The number of halogens is 1. The minimum atomic E-state index is -0.814. The summed E-state index contributed by atoms with van der Waals surface area (Å²) in [7, 11) is 0. The molecule has 2 N–H and O–H groups in total. The van der Waals surface area contributed by atoms with Crippen LogP contribution in [0.15, 0.2) is 18.5 Å². The lowest BCUT2D eigenvalue weighted by molar-refractivity contribution is -0.137. The lowest BCUT2D eigenvalue weighted by Gasteiger charge is -2.14. The molecule has 0 aliphatic rings. The fraction of sp³-hybridized carbons (Fsp3) is 0.500. The molecular weight excluding hydrogens is 263 g/mol. The number of aromatic nitrogens is 1. The van der Waals surface area contributed by atoms with E-state index in [1.807, 2.05) is 6.92 Å². The van der Waals surface area contributed by atoms with Gasteiger partial charge < -0.3 is 10.4 Å². The Morgan fingerprint density at radius 1 is 1.45 bits per heavy atom. The molecule has 1 amide bonds. The Morgan fingerprint density at radius 3 is 2.80 bits per heavy atom. The highest BCUT2D eigenvalue weighted by Crippen LogP contribution is 2.14. The van der Waals surface area contributed by atoms with Gasteiger partial charge in [-0.3, -0.25) is 14.6 Å². The third-order valence-electron chi connectivity index (χ3n) is 3.20. The lowest BCUT2D eigenvalue weighted by atomic mass is 9.96. The van der Waals surface area contributed by atoms with Crippen LogP contribution in [0.1, 0.15) is 43.0 Å². The number of nitrogens with one attached hydrogen (secondary N) is 1. The maximum atomic E-state index is 13.3. The first-order valence-electron chi connectivity index (χ1n) is 6.64. The molecule has 1 atom stereocenters. The third-order valence-corrected chi connectivity index (χ3v) is 3.20. The van der Waals surface area contributed by atoms with Crippen LogP contribution in [0.25, 0.3) is 0 Å². The van der Waals surface area contributed by atoms with Gasteiger partial charge in [0.1, 0.15) is 0 Å². The van der Waals surface area contributed by atoms with E-state index in [0.29, 0.717) is 19.4 Å². The van der Waals surface area contributed by atoms with Crippen LogP contribution < -0.4 is 5.32 Å². The maximum Gasteiger partial charge on any atom is 0.303 e. The monoisotopic (exact) mass is 282 g/mol. The summed E-state index contributed by atoms with van der Waals surface area (Å²) < 4.78 is 13.3. The van der Waals surface area contributed by atoms with Crippen LogP contribution >= 0.6 is 0 Å². The molecule has 0 bridgehead atoms. The summed E-state index contributed by atoms with van der Waals surface area (Å²) in [6.45, 7) is 2.38.